The number of allylic oxidation sites excluding steroid dienone is 1. The second-order valence-electron chi connectivity index (χ2n) is 5.56. The Labute approximate surface area is 108 Å². The summed E-state index contributed by atoms with van der Waals surface area (Å²) in [6.45, 7) is 11.9. The van der Waals surface area contributed by atoms with E-state index in [1.165, 1.54) is 0 Å². The number of hydrogen-bond donors (Lipinski definition) is 0. The van der Waals surface area contributed by atoms with Crippen molar-refractivity contribution in [1.82, 2.24) is 0 Å². The van der Waals surface area contributed by atoms with Crippen molar-refractivity contribution in [2.45, 2.75) is 46.6 Å². The van der Waals surface area contributed by atoms with Gasteiger partial charge >= 0.3 is 11.9 Å². The van der Waals surface area contributed by atoms with Gasteiger partial charge in [0.2, 0.25) is 6.10 Å². The molecule has 0 aromatic heterocycles. The highest BCUT2D eigenvalue weighted by atomic mass is 16.6. The first-order valence-corrected chi connectivity index (χ1v) is 6.29. The van der Waals surface area contributed by atoms with Gasteiger partial charge in [0.1, 0.15) is 0 Å². The van der Waals surface area contributed by atoms with Gasteiger partial charge in [-0.1, -0.05) is 19.4 Å². The number of carbonyl (C=O) groups is 2. The Hall–Kier alpha value is -1.32. The van der Waals surface area contributed by atoms with E-state index in [0.29, 0.717) is 19.4 Å². The third-order valence-electron chi connectivity index (χ3n) is 3.55. The van der Waals surface area contributed by atoms with Gasteiger partial charge in [0.05, 0.1) is 12.0 Å². The standard InChI is InChI=1S/C14H22O4/c1-9(2)8-14(5,10(3)4)13(16)18-11-6-7-17-12(11)15/h10-11H,1,6-8H2,2-5H3. The van der Waals surface area contributed by atoms with Gasteiger partial charge in [-0.05, 0) is 26.2 Å². The topological polar surface area (TPSA) is 52.6 Å². The Morgan fingerprint density at radius 3 is 2.61 bits per heavy atom. The number of esters is 2. The number of rotatable bonds is 5. The van der Waals surface area contributed by atoms with Gasteiger partial charge in [-0.2, -0.15) is 0 Å². The number of cyclic esters (lactones) is 1. The van der Waals surface area contributed by atoms with Gasteiger partial charge in [0.25, 0.3) is 0 Å². The zero-order valence-corrected chi connectivity index (χ0v) is 11.6. The van der Waals surface area contributed by atoms with E-state index < -0.39 is 17.5 Å². The minimum atomic E-state index is -0.735. The molecule has 0 amide bonds. The molecule has 0 N–H and O–H groups in total. The minimum absolute atomic E-state index is 0.110. The molecule has 1 saturated heterocycles. The molecule has 0 spiro atoms. The van der Waals surface area contributed by atoms with Gasteiger partial charge in [-0.25, -0.2) is 4.79 Å². The monoisotopic (exact) mass is 254 g/mol. The molecular formula is C14H22O4. The zero-order chi connectivity index (χ0) is 13.9. The Balaban J connectivity index is 2.76. The molecule has 2 unspecified atom stereocenters. The summed E-state index contributed by atoms with van der Waals surface area (Å²) in [6.07, 6.45) is 0.276. The van der Waals surface area contributed by atoms with Gasteiger partial charge in [0, 0.05) is 6.42 Å². The van der Waals surface area contributed by atoms with Crippen LogP contribution in [0.4, 0.5) is 0 Å². The van der Waals surface area contributed by atoms with Crippen LogP contribution in [0.5, 0.6) is 0 Å². The average molecular weight is 254 g/mol. The highest BCUT2D eigenvalue weighted by molar-refractivity contribution is 5.83. The van der Waals surface area contributed by atoms with Crippen LogP contribution < -0.4 is 0 Å². The van der Waals surface area contributed by atoms with Crippen molar-refractivity contribution in [1.29, 1.82) is 0 Å². The molecule has 0 aromatic carbocycles. The molecule has 18 heavy (non-hydrogen) atoms. The normalized spacial score (nSPS) is 22.5. The van der Waals surface area contributed by atoms with Crippen LogP contribution in [0.1, 0.15) is 40.5 Å². The van der Waals surface area contributed by atoms with Crippen molar-refractivity contribution in [3.8, 4) is 0 Å². The predicted octanol–water partition coefficient (Wildman–Crippen LogP) is 2.47. The molecule has 1 heterocycles. The van der Waals surface area contributed by atoms with Crippen LogP contribution in [0.15, 0.2) is 12.2 Å². The molecule has 102 valence electrons. The summed E-state index contributed by atoms with van der Waals surface area (Å²) in [6, 6.07) is 0. The average Bonchev–Trinajstić information content (AvgIpc) is 2.63. The third kappa shape index (κ3) is 3.12. The maximum absolute atomic E-state index is 12.3. The first-order chi connectivity index (χ1) is 8.27. The van der Waals surface area contributed by atoms with Crippen molar-refractivity contribution in [3.05, 3.63) is 12.2 Å². The molecule has 1 aliphatic heterocycles. The van der Waals surface area contributed by atoms with Crippen LogP contribution in [0.2, 0.25) is 0 Å². The number of hydrogen-bond acceptors (Lipinski definition) is 4. The second kappa shape index (κ2) is 5.55. The molecule has 0 aliphatic carbocycles. The van der Waals surface area contributed by atoms with E-state index >= 15 is 0 Å². The summed E-state index contributed by atoms with van der Waals surface area (Å²) in [4.78, 5) is 23.6. The molecular weight excluding hydrogens is 232 g/mol. The van der Waals surface area contributed by atoms with E-state index in [4.69, 9.17) is 9.47 Å². The van der Waals surface area contributed by atoms with E-state index in [1.807, 2.05) is 27.7 Å². The van der Waals surface area contributed by atoms with Crippen molar-refractivity contribution in [3.63, 3.8) is 0 Å². The lowest BCUT2D eigenvalue weighted by Crippen LogP contribution is -2.38. The number of carbonyl (C=O) groups excluding carboxylic acids is 2. The van der Waals surface area contributed by atoms with E-state index in [0.717, 1.165) is 5.57 Å². The van der Waals surface area contributed by atoms with Crippen molar-refractivity contribution in [2.24, 2.45) is 11.3 Å². The molecule has 2 atom stereocenters. The predicted molar refractivity (Wildman–Crippen MR) is 67.8 cm³/mol. The van der Waals surface area contributed by atoms with Crippen molar-refractivity contribution in [2.75, 3.05) is 6.61 Å². The molecule has 0 saturated carbocycles. The van der Waals surface area contributed by atoms with Crippen LogP contribution >= 0.6 is 0 Å². The molecule has 0 bridgehead atoms. The molecule has 1 fully saturated rings. The zero-order valence-electron chi connectivity index (χ0n) is 11.6. The van der Waals surface area contributed by atoms with Gasteiger partial charge in [-0.3, -0.25) is 4.79 Å². The molecule has 4 heteroatoms. The molecule has 4 nitrogen and oxygen atoms in total. The highest BCUT2D eigenvalue weighted by Crippen LogP contribution is 2.36. The van der Waals surface area contributed by atoms with Crippen LogP contribution in [0, 0.1) is 11.3 Å². The minimum Gasteiger partial charge on any atom is -0.463 e. The highest BCUT2D eigenvalue weighted by Gasteiger charge is 2.41. The lowest BCUT2D eigenvalue weighted by molar-refractivity contribution is -0.169. The van der Waals surface area contributed by atoms with Crippen LogP contribution in [-0.4, -0.2) is 24.6 Å². The third-order valence-corrected chi connectivity index (χ3v) is 3.55. The molecule has 1 aliphatic rings. The summed E-state index contributed by atoms with van der Waals surface area (Å²) >= 11 is 0. The lowest BCUT2D eigenvalue weighted by atomic mass is 9.74. The lowest BCUT2D eigenvalue weighted by Gasteiger charge is -2.32. The van der Waals surface area contributed by atoms with E-state index in [9.17, 15) is 9.59 Å². The molecule has 1 rings (SSSR count). The fourth-order valence-electron chi connectivity index (χ4n) is 1.99. The largest absolute Gasteiger partial charge is 0.463 e. The van der Waals surface area contributed by atoms with Crippen molar-refractivity contribution < 1.29 is 19.1 Å². The quantitative estimate of drug-likeness (QED) is 0.558. The molecule has 0 aromatic rings. The smallest absolute Gasteiger partial charge is 0.347 e. The first kappa shape index (κ1) is 14.7. The molecule has 0 radical (unpaired) electrons. The fraction of sp³-hybridized carbons (Fsp3) is 0.714. The van der Waals surface area contributed by atoms with E-state index in [-0.39, 0.29) is 11.9 Å². The summed E-state index contributed by atoms with van der Waals surface area (Å²) in [5.74, 6) is -0.673. The van der Waals surface area contributed by atoms with Gasteiger partial charge < -0.3 is 9.47 Å². The summed E-state index contributed by atoms with van der Waals surface area (Å²) < 4.78 is 10.1. The summed E-state index contributed by atoms with van der Waals surface area (Å²) in [5, 5.41) is 0. The fourth-order valence-corrected chi connectivity index (χ4v) is 1.99. The van der Waals surface area contributed by atoms with Crippen LogP contribution in [0.3, 0.4) is 0 Å². The SMILES string of the molecule is C=C(C)CC(C)(C(=O)OC1CCOC1=O)C(C)C. The Bertz CT molecular complexity index is 359. The van der Waals surface area contributed by atoms with Crippen molar-refractivity contribution >= 4 is 11.9 Å². The maximum Gasteiger partial charge on any atom is 0.347 e. The van der Waals surface area contributed by atoms with Crippen LogP contribution in [0.25, 0.3) is 0 Å². The Morgan fingerprint density at radius 1 is 1.61 bits per heavy atom. The van der Waals surface area contributed by atoms with E-state index in [2.05, 4.69) is 6.58 Å². The number of ether oxygens (including phenoxy) is 2. The van der Waals surface area contributed by atoms with E-state index in [1.54, 1.807) is 0 Å². The Morgan fingerprint density at radius 2 is 2.22 bits per heavy atom. The van der Waals surface area contributed by atoms with Gasteiger partial charge in [0.15, 0.2) is 0 Å². The van der Waals surface area contributed by atoms with Crippen LogP contribution in [-0.2, 0) is 19.1 Å². The second-order valence-corrected chi connectivity index (χ2v) is 5.56. The van der Waals surface area contributed by atoms with Gasteiger partial charge in [-0.15, -0.1) is 6.58 Å². The maximum atomic E-state index is 12.3. The first-order valence-electron chi connectivity index (χ1n) is 6.29. The summed E-state index contributed by atoms with van der Waals surface area (Å²) in [7, 11) is 0. The Kier molecular flexibility index (Phi) is 4.54. The summed E-state index contributed by atoms with van der Waals surface area (Å²) in [5.41, 5.74) is 0.284.